The van der Waals surface area contributed by atoms with Gasteiger partial charge in [0.1, 0.15) is 6.04 Å². The third-order valence-electron chi connectivity index (χ3n) is 2.60. The Hall–Kier alpha value is -1.08. The maximum absolute atomic E-state index is 10.9. The highest BCUT2D eigenvalue weighted by Crippen LogP contribution is 2.19. The number of rotatable bonds is 6. The van der Waals surface area contributed by atoms with Crippen molar-refractivity contribution >= 4 is 5.97 Å². The number of hydrogen-bond acceptors (Lipinski definition) is 3. The van der Waals surface area contributed by atoms with E-state index in [4.69, 9.17) is 10.4 Å². The van der Waals surface area contributed by atoms with Crippen LogP contribution >= 0.6 is 0 Å². The first-order valence-electron chi connectivity index (χ1n) is 5.18. The predicted octanol–water partition coefficient (Wildman–Crippen LogP) is 1.72. The van der Waals surface area contributed by atoms with Crippen molar-refractivity contribution in [1.82, 2.24) is 4.90 Å². The zero-order chi connectivity index (χ0) is 12.1. The molecule has 0 aromatic carbocycles. The lowest BCUT2D eigenvalue weighted by Crippen LogP contribution is -2.39. The van der Waals surface area contributed by atoms with Gasteiger partial charge in [0.2, 0.25) is 0 Å². The third kappa shape index (κ3) is 4.80. The van der Waals surface area contributed by atoms with E-state index < -0.39 is 12.0 Å². The van der Waals surface area contributed by atoms with Crippen molar-refractivity contribution in [2.45, 2.75) is 39.7 Å². The maximum Gasteiger partial charge on any atom is 0.320 e. The molecule has 15 heavy (non-hydrogen) atoms. The molecular weight excluding hydrogens is 192 g/mol. The molecule has 0 bridgehead atoms. The molecule has 1 unspecified atom stereocenters. The van der Waals surface area contributed by atoms with Gasteiger partial charge in [-0.15, -0.1) is 0 Å². The SMILES string of the molecule is CCC(C(=O)O)N(C)CCC(C)(C)C#N. The van der Waals surface area contributed by atoms with E-state index >= 15 is 0 Å². The average Bonchev–Trinajstić information content (AvgIpc) is 2.15. The van der Waals surface area contributed by atoms with E-state index in [1.54, 1.807) is 11.9 Å². The molecule has 4 nitrogen and oxygen atoms in total. The second-order valence-electron chi connectivity index (χ2n) is 4.49. The van der Waals surface area contributed by atoms with Gasteiger partial charge in [-0.25, -0.2) is 0 Å². The first-order chi connectivity index (χ1) is 6.84. The molecule has 0 aromatic rings. The molecule has 0 saturated carbocycles. The molecular formula is C11H20N2O2. The number of nitriles is 1. The first kappa shape index (κ1) is 13.9. The van der Waals surface area contributed by atoms with Crippen molar-refractivity contribution in [1.29, 1.82) is 5.26 Å². The second kappa shape index (κ2) is 5.72. The first-order valence-corrected chi connectivity index (χ1v) is 5.18. The van der Waals surface area contributed by atoms with E-state index in [1.165, 1.54) is 0 Å². The minimum absolute atomic E-state index is 0.384. The topological polar surface area (TPSA) is 64.3 Å². The van der Waals surface area contributed by atoms with Gasteiger partial charge in [-0.2, -0.15) is 5.26 Å². The molecule has 86 valence electrons. The van der Waals surface area contributed by atoms with Crippen LogP contribution in [0.15, 0.2) is 0 Å². The Morgan fingerprint density at radius 1 is 1.60 bits per heavy atom. The van der Waals surface area contributed by atoms with E-state index in [0.717, 1.165) is 0 Å². The standard InChI is InChI=1S/C11H20N2O2/c1-5-9(10(14)15)13(4)7-6-11(2,3)8-12/h9H,5-7H2,1-4H3,(H,14,15). The number of aliphatic carboxylic acids is 1. The second-order valence-corrected chi connectivity index (χ2v) is 4.49. The van der Waals surface area contributed by atoms with Gasteiger partial charge >= 0.3 is 5.97 Å². The lowest BCUT2D eigenvalue weighted by molar-refractivity contribution is -0.143. The molecule has 0 rings (SSSR count). The molecule has 0 saturated heterocycles. The van der Waals surface area contributed by atoms with Gasteiger partial charge in [0.25, 0.3) is 0 Å². The third-order valence-corrected chi connectivity index (χ3v) is 2.60. The van der Waals surface area contributed by atoms with E-state index in [2.05, 4.69) is 6.07 Å². The van der Waals surface area contributed by atoms with Gasteiger partial charge in [0, 0.05) is 6.54 Å². The lowest BCUT2D eigenvalue weighted by Gasteiger charge is -2.26. The average molecular weight is 212 g/mol. The monoisotopic (exact) mass is 212 g/mol. The molecule has 0 aliphatic heterocycles. The number of carboxylic acid groups (broad SMARTS) is 1. The van der Waals surface area contributed by atoms with E-state index in [0.29, 0.717) is 19.4 Å². The Labute approximate surface area is 91.5 Å². The number of likely N-dealkylation sites (N-methyl/N-ethyl adjacent to an activating group) is 1. The van der Waals surface area contributed by atoms with Crippen LogP contribution < -0.4 is 0 Å². The van der Waals surface area contributed by atoms with Crippen molar-refractivity contribution in [3.8, 4) is 6.07 Å². The number of hydrogen-bond donors (Lipinski definition) is 1. The molecule has 0 fully saturated rings. The van der Waals surface area contributed by atoms with Crippen molar-refractivity contribution < 1.29 is 9.90 Å². The normalized spacial score (nSPS) is 13.6. The van der Waals surface area contributed by atoms with Gasteiger partial charge < -0.3 is 5.11 Å². The van der Waals surface area contributed by atoms with Crippen molar-refractivity contribution in [3.05, 3.63) is 0 Å². The van der Waals surface area contributed by atoms with Crippen LogP contribution in [0.5, 0.6) is 0 Å². The number of carbonyl (C=O) groups is 1. The summed E-state index contributed by atoms with van der Waals surface area (Å²) in [6.07, 6.45) is 1.27. The summed E-state index contributed by atoms with van der Waals surface area (Å²) >= 11 is 0. The summed E-state index contributed by atoms with van der Waals surface area (Å²) in [6, 6.07) is 1.76. The van der Waals surface area contributed by atoms with Gasteiger partial charge in [-0.05, 0) is 33.7 Å². The predicted molar refractivity (Wildman–Crippen MR) is 58.4 cm³/mol. The Morgan fingerprint density at radius 2 is 2.13 bits per heavy atom. The summed E-state index contributed by atoms with van der Waals surface area (Å²) < 4.78 is 0. The van der Waals surface area contributed by atoms with Crippen LogP contribution in [0.1, 0.15) is 33.6 Å². The van der Waals surface area contributed by atoms with Crippen molar-refractivity contribution in [2.24, 2.45) is 5.41 Å². The molecule has 0 heterocycles. The van der Waals surface area contributed by atoms with Crippen LogP contribution in [0.3, 0.4) is 0 Å². The Balaban J connectivity index is 4.20. The Kier molecular flexibility index (Phi) is 5.31. The van der Waals surface area contributed by atoms with Crippen LogP contribution in [0, 0.1) is 16.7 Å². The number of nitrogens with zero attached hydrogens (tertiary/aromatic N) is 2. The lowest BCUT2D eigenvalue weighted by atomic mass is 9.91. The van der Waals surface area contributed by atoms with Gasteiger partial charge in [-0.1, -0.05) is 6.92 Å². The highest BCUT2D eigenvalue weighted by atomic mass is 16.4. The fraction of sp³-hybridized carbons (Fsp3) is 0.818. The van der Waals surface area contributed by atoms with E-state index in [-0.39, 0.29) is 5.41 Å². The van der Waals surface area contributed by atoms with Crippen LogP contribution in [0.4, 0.5) is 0 Å². The van der Waals surface area contributed by atoms with Crippen LogP contribution in [0.2, 0.25) is 0 Å². The summed E-state index contributed by atoms with van der Waals surface area (Å²) in [7, 11) is 1.79. The van der Waals surface area contributed by atoms with E-state index in [1.807, 2.05) is 20.8 Å². The summed E-state index contributed by atoms with van der Waals surface area (Å²) in [6.45, 7) is 6.21. The summed E-state index contributed by atoms with van der Waals surface area (Å²) in [4.78, 5) is 12.7. The molecule has 0 aliphatic carbocycles. The Morgan fingerprint density at radius 3 is 2.47 bits per heavy atom. The van der Waals surface area contributed by atoms with Crippen LogP contribution in [-0.4, -0.2) is 35.6 Å². The fourth-order valence-corrected chi connectivity index (χ4v) is 1.34. The summed E-state index contributed by atoms with van der Waals surface area (Å²) in [5.41, 5.74) is -0.384. The van der Waals surface area contributed by atoms with Gasteiger partial charge in [0.05, 0.1) is 11.5 Å². The van der Waals surface area contributed by atoms with Crippen molar-refractivity contribution in [2.75, 3.05) is 13.6 Å². The largest absolute Gasteiger partial charge is 0.480 e. The highest BCUT2D eigenvalue weighted by Gasteiger charge is 2.23. The minimum Gasteiger partial charge on any atom is -0.480 e. The van der Waals surface area contributed by atoms with Gasteiger partial charge in [-0.3, -0.25) is 9.69 Å². The molecule has 0 radical (unpaired) electrons. The Bertz CT molecular complexity index is 256. The number of carboxylic acids is 1. The van der Waals surface area contributed by atoms with E-state index in [9.17, 15) is 4.79 Å². The molecule has 1 atom stereocenters. The molecule has 4 heteroatoms. The van der Waals surface area contributed by atoms with Crippen LogP contribution in [0.25, 0.3) is 0 Å². The summed E-state index contributed by atoms with van der Waals surface area (Å²) in [5, 5.41) is 17.8. The zero-order valence-corrected chi connectivity index (χ0v) is 9.95. The maximum atomic E-state index is 10.9. The molecule has 0 spiro atoms. The molecule has 0 aliphatic rings. The quantitative estimate of drug-likeness (QED) is 0.728. The molecule has 0 aromatic heterocycles. The van der Waals surface area contributed by atoms with Crippen molar-refractivity contribution in [3.63, 3.8) is 0 Å². The molecule has 0 amide bonds. The fourth-order valence-electron chi connectivity index (χ4n) is 1.34. The molecule has 1 N–H and O–H groups in total. The summed E-state index contributed by atoms with van der Waals surface area (Å²) in [5.74, 6) is -0.797. The highest BCUT2D eigenvalue weighted by molar-refractivity contribution is 5.73. The van der Waals surface area contributed by atoms with Gasteiger partial charge in [0.15, 0.2) is 0 Å². The zero-order valence-electron chi connectivity index (χ0n) is 9.95. The van der Waals surface area contributed by atoms with Crippen LogP contribution in [-0.2, 0) is 4.79 Å². The minimum atomic E-state index is -0.797. The smallest absolute Gasteiger partial charge is 0.320 e.